The normalized spacial score (nSPS) is 17.2. The standard InChI is InChI=1S/C15H17N5.2ClH/c1-2-14(20-10-17-18-11-20)7-15-13(1)4-6-19(15)9-12-3-5-16-8-12;;/h1-2,4,6-7,10-12,16H,3,5,8-9H2;2*1H. The zero-order chi connectivity index (χ0) is 13.4. The molecule has 3 aromatic rings. The SMILES string of the molecule is Cl.Cl.c1cc2ccn(CC3CCNC3)c2cc1-n1cnnc1. The number of hydrogen-bond acceptors (Lipinski definition) is 3. The second kappa shape index (κ2) is 7.13. The molecule has 1 aromatic carbocycles. The van der Waals surface area contributed by atoms with E-state index in [4.69, 9.17) is 0 Å². The smallest absolute Gasteiger partial charge is 0.123 e. The minimum Gasteiger partial charge on any atom is -0.347 e. The molecule has 0 bridgehead atoms. The summed E-state index contributed by atoms with van der Waals surface area (Å²) in [5.41, 5.74) is 2.38. The Hall–Kier alpha value is -1.56. The Morgan fingerprint density at radius 3 is 2.68 bits per heavy atom. The van der Waals surface area contributed by atoms with Crippen molar-refractivity contribution < 1.29 is 0 Å². The molecule has 1 aliphatic heterocycles. The highest BCUT2D eigenvalue weighted by molar-refractivity contribution is 5.85. The average Bonchev–Trinajstić information content (AvgIpc) is 3.20. The molecule has 1 aliphatic rings. The Morgan fingerprint density at radius 1 is 1.14 bits per heavy atom. The maximum atomic E-state index is 3.87. The number of halogens is 2. The third-order valence-electron chi connectivity index (χ3n) is 4.09. The lowest BCUT2D eigenvalue weighted by Crippen LogP contribution is -2.13. The summed E-state index contributed by atoms with van der Waals surface area (Å²) in [6.45, 7) is 3.36. The molecule has 22 heavy (non-hydrogen) atoms. The minimum absolute atomic E-state index is 0. The van der Waals surface area contributed by atoms with Crippen LogP contribution in [0.15, 0.2) is 43.1 Å². The van der Waals surface area contributed by atoms with E-state index in [1.54, 1.807) is 12.7 Å². The van der Waals surface area contributed by atoms with Gasteiger partial charge in [-0.05, 0) is 49.0 Å². The van der Waals surface area contributed by atoms with E-state index in [0.29, 0.717) is 0 Å². The maximum Gasteiger partial charge on any atom is 0.123 e. The molecule has 1 saturated heterocycles. The third-order valence-corrected chi connectivity index (χ3v) is 4.09. The molecule has 1 unspecified atom stereocenters. The van der Waals surface area contributed by atoms with Gasteiger partial charge in [0.15, 0.2) is 0 Å². The zero-order valence-corrected chi connectivity index (χ0v) is 13.7. The fourth-order valence-electron chi connectivity index (χ4n) is 2.97. The van der Waals surface area contributed by atoms with E-state index < -0.39 is 0 Å². The minimum atomic E-state index is 0. The Bertz CT molecular complexity index is 717. The van der Waals surface area contributed by atoms with Crippen molar-refractivity contribution in [2.24, 2.45) is 5.92 Å². The zero-order valence-electron chi connectivity index (χ0n) is 12.1. The predicted octanol–water partition coefficient (Wildman–Crippen LogP) is 2.68. The van der Waals surface area contributed by atoms with E-state index in [1.807, 2.05) is 4.57 Å². The summed E-state index contributed by atoms with van der Waals surface area (Å²) in [6.07, 6.45) is 6.93. The van der Waals surface area contributed by atoms with E-state index in [2.05, 4.69) is 50.5 Å². The Labute approximate surface area is 141 Å². The summed E-state index contributed by atoms with van der Waals surface area (Å²) in [5.74, 6) is 0.740. The molecule has 7 heteroatoms. The maximum absolute atomic E-state index is 3.87. The average molecular weight is 340 g/mol. The van der Waals surface area contributed by atoms with Crippen LogP contribution in [0.3, 0.4) is 0 Å². The van der Waals surface area contributed by atoms with Gasteiger partial charge >= 0.3 is 0 Å². The van der Waals surface area contributed by atoms with Crippen molar-refractivity contribution in [3.05, 3.63) is 43.1 Å². The van der Waals surface area contributed by atoms with Crippen molar-refractivity contribution in [3.8, 4) is 5.69 Å². The molecule has 0 radical (unpaired) electrons. The van der Waals surface area contributed by atoms with Crippen LogP contribution in [0.1, 0.15) is 6.42 Å². The van der Waals surface area contributed by atoms with Gasteiger partial charge in [0.05, 0.1) is 11.2 Å². The van der Waals surface area contributed by atoms with Crippen LogP contribution in [0, 0.1) is 5.92 Å². The van der Waals surface area contributed by atoms with Crippen molar-refractivity contribution in [1.82, 2.24) is 24.6 Å². The van der Waals surface area contributed by atoms with Crippen LogP contribution < -0.4 is 5.32 Å². The highest BCUT2D eigenvalue weighted by Gasteiger charge is 2.15. The number of hydrogen-bond donors (Lipinski definition) is 1. The van der Waals surface area contributed by atoms with Gasteiger partial charge in [-0.15, -0.1) is 35.0 Å². The van der Waals surface area contributed by atoms with E-state index in [-0.39, 0.29) is 24.8 Å². The van der Waals surface area contributed by atoms with Crippen LogP contribution in [0.5, 0.6) is 0 Å². The molecule has 4 rings (SSSR count). The van der Waals surface area contributed by atoms with Crippen molar-refractivity contribution in [1.29, 1.82) is 0 Å². The number of rotatable bonds is 3. The van der Waals surface area contributed by atoms with Crippen LogP contribution in [0.2, 0.25) is 0 Å². The van der Waals surface area contributed by atoms with Crippen molar-refractivity contribution in [2.45, 2.75) is 13.0 Å². The quantitative estimate of drug-likeness (QED) is 0.797. The van der Waals surface area contributed by atoms with E-state index in [1.165, 1.54) is 17.3 Å². The van der Waals surface area contributed by atoms with Crippen LogP contribution in [0.25, 0.3) is 16.6 Å². The summed E-state index contributed by atoms with van der Waals surface area (Å²) < 4.78 is 4.30. The molecule has 3 heterocycles. The highest BCUT2D eigenvalue weighted by Crippen LogP contribution is 2.22. The fourth-order valence-corrected chi connectivity index (χ4v) is 2.97. The number of aromatic nitrogens is 4. The summed E-state index contributed by atoms with van der Waals surface area (Å²) in [7, 11) is 0. The van der Waals surface area contributed by atoms with Crippen molar-refractivity contribution in [3.63, 3.8) is 0 Å². The molecular weight excluding hydrogens is 321 g/mol. The molecule has 0 aliphatic carbocycles. The van der Waals surface area contributed by atoms with E-state index in [9.17, 15) is 0 Å². The first-order valence-electron chi connectivity index (χ1n) is 7.05. The Balaban J connectivity index is 0.000000882. The number of nitrogens with zero attached hydrogens (tertiary/aromatic N) is 4. The van der Waals surface area contributed by atoms with E-state index >= 15 is 0 Å². The van der Waals surface area contributed by atoms with Gasteiger partial charge in [-0.3, -0.25) is 4.57 Å². The van der Waals surface area contributed by atoms with Crippen LogP contribution in [0.4, 0.5) is 0 Å². The van der Waals surface area contributed by atoms with Gasteiger partial charge in [-0.2, -0.15) is 0 Å². The molecule has 0 spiro atoms. The number of nitrogens with one attached hydrogen (secondary N) is 1. The highest BCUT2D eigenvalue weighted by atomic mass is 35.5. The second-order valence-corrected chi connectivity index (χ2v) is 5.44. The van der Waals surface area contributed by atoms with Gasteiger partial charge in [0.1, 0.15) is 12.7 Å². The largest absolute Gasteiger partial charge is 0.347 e. The summed E-state index contributed by atoms with van der Waals surface area (Å²) in [5, 5.41) is 12.5. The lowest BCUT2D eigenvalue weighted by atomic mass is 10.1. The molecular formula is C15H19Cl2N5. The predicted molar refractivity (Wildman–Crippen MR) is 92.3 cm³/mol. The third kappa shape index (κ3) is 3.11. The van der Waals surface area contributed by atoms with Crippen molar-refractivity contribution in [2.75, 3.05) is 13.1 Å². The van der Waals surface area contributed by atoms with Gasteiger partial charge in [0.25, 0.3) is 0 Å². The summed E-state index contributed by atoms with van der Waals surface area (Å²) >= 11 is 0. The molecule has 0 saturated carbocycles. The first-order valence-corrected chi connectivity index (χ1v) is 7.05. The Kier molecular flexibility index (Phi) is 5.45. The van der Waals surface area contributed by atoms with Crippen LogP contribution in [-0.4, -0.2) is 32.4 Å². The van der Waals surface area contributed by atoms with Crippen molar-refractivity contribution >= 4 is 35.7 Å². The van der Waals surface area contributed by atoms with Crippen LogP contribution in [-0.2, 0) is 6.54 Å². The molecule has 118 valence electrons. The lowest BCUT2D eigenvalue weighted by molar-refractivity contribution is 0.491. The Morgan fingerprint density at radius 2 is 1.95 bits per heavy atom. The van der Waals surface area contributed by atoms with Gasteiger partial charge in [-0.1, -0.05) is 6.07 Å². The van der Waals surface area contributed by atoms with Gasteiger partial charge < -0.3 is 9.88 Å². The molecule has 0 amide bonds. The monoisotopic (exact) mass is 339 g/mol. The van der Waals surface area contributed by atoms with E-state index in [0.717, 1.165) is 31.2 Å². The molecule has 5 nitrogen and oxygen atoms in total. The van der Waals surface area contributed by atoms with Gasteiger partial charge in [-0.25, -0.2) is 0 Å². The summed E-state index contributed by atoms with van der Waals surface area (Å²) in [4.78, 5) is 0. The molecule has 1 N–H and O–H groups in total. The molecule has 2 aromatic heterocycles. The van der Waals surface area contributed by atoms with Gasteiger partial charge in [0.2, 0.25) is 0 Å². The summed E-state index contributed by atoms with van der Waals surface area (Å²) in [6, 6.07) is 8.66. The topological polar surface area (TPSA) is 47.7 Å². The number of benzene rings is 1. The number of fused-ring (bicyclic) bond motifs is 1. The molecule has 1 fully saturated rings. The second-order valence-electron chi connectivity index (χ2n) is 5.44. The molecule has 1 atom stereocenters. The first kappa shape index (κ1) is 16.8. The fraction of sp³-hybridized carbons (Fsp3) is 0.333. The first-order chi connectivity index (χ1) is 9.90. The van der Waals surface area contributed by atoms with Gasteiger partial charge in [0, 0.05) is 12.7 Å². The van der Waals surface area contributed by atoms with Crippen LogP contribution >= 0.6 is 24.8 Å². The lowest BCUT2D eigenvalue weighted by Gasteiger charge is -2.11.